The van der Waals surface area contributed by atoms with Crippen molar-refractivity contribution in [2.45, 2.75) is 58.3 Å². The van der Waals surface area contributed by atoms with E-state index in [9.17, 15) is 9.59 Å². The average molecular weight is 519 g/mol. The number of allylic oxidation sites excluding steroid dienone is 1. The zero-order valence-corrected chi connectivity index (χ0v) is 23.0. The Balaban J connectivity index is 1.33. The van der Waals surface area contributed by atoms with Gasteiger partial charge in [0.25, 0.3) is 0 Å². The molecule has 2 aliphatic rings. The molecule has 2 aromatic rings. The Labute approximate surface area is 227 Å². The number of carbonyl (C=O) groups is 2. The molecule has 1 N–H and O–H groups in total. The molecule has 2 saturated heterocycles. The predicted molar refractivity (Wildman–Crippen MR) is 151 cm³/mol. The van der Waals surface area contributed by atoms with Gasteiger partial charge in [-0.25, -0.2) is 0 Å². The van der Waals surface area contributed by atoms with Crippen molar-refractivity contribution in [3.63, 3.8) is 0 Å². The molecule has 0 saturated carbocycles. The van der Waals surface area contributed by atoms with Crippen molar-refractivity contribution in [3.8, 4) is 5.75 Å². The number of aldehydes is 1. The summed E-state index contributed by atoms with van der Waals surface area (Å²) in [4.78, 5) is 31.4. The van der Waals surface area contributed by atoms with Gasteiger partial charge in [-0.1, -0.05) is 56.3 Å². The van der Waals surface area contributed by atoms with Crippen molar-refractivity contribution >= 4 is 12.2 Å². The van der Waals surface area contributed by atoms with Crippen molar-refractivity contribution in [3.05, 3.63) is 77.0 Å². The summed E-state index contributed by atoms with van der Waals surface area (Å²) in [6, 6.07) is 13.9. The summed E-state index contributed by atoms with van der Waals surface area (Å²) in [6.45, 7) is 13.7. The van der Waals surface area contributed by atoms with Crippen LogP contribution in [-0.4, -0.2) is 72.7 Å². The number of ether oxygens (including phenoxy) is 1. The first kappa shape index (κ1) is 28.0. The van der Waals surface area contributed by atoms with E-state index in [0.29, 0.717) is 30.9 Å². The number of rotatable bonds is 12. The molecule has 0 spiro atoms. The lowest BCUT2D eigenvalue weighted by Crippen LogP contribution is -2.47. The molecule has 0 aromatic heterocycles. The molecule has 0 radical (unpaired) electrons. The summed E-state index contributed by atoms with van der Waals surface area (Å²) >= 11 is 0. The van der Waals surface area contributed by atoms with Gasteiger partial charge in [0.05, 0.1) is 6.04 Å². The quantitative estimate of drug-likeness (QED) is 0.425. The largest absolute Gasteiger partial charge is 0.489 e. The van der Waals surface area contributed by atoms with E-state index >= 15 is 0 Å². The lowest BCUT2D eigenvalue weighted by atomic mass is 10.0. The van der Waals surface area contributed by atoms with E-state index in [1.165, 1.54) is 24.9 Å². The van der Waals surface area contributed by atoms with Crippen molar-refractivity contribution in [2.24, 2.45) is 0 Å². The molecule has 38 heavy (non-hydrogen) atoms. The molecule has 0 aliphatic carbocycles. The maximum absolute atomic E-state index is 12.5. The molecule has 2 heterocycles. The van der Waals surface area contributed by atoms with Crippen LogP contribution in [-0.2, 0) is 24.5 Å². The van der Waals surface area contributed by atoms with Crippen molar-refractivity contribution < 1.29 is 14.3 Å². The van der Waals surface area contributed by atoms with Gasteiger partial charge in [-0.3, -0.25) is 19.4 Å². The number of nitrogens with zero attached hydrogens (tertiary/aromatic N) is 3. The van der Waals surface area contributed by atoms with Crippen LogP contribution in [0.2, 0.25) is 0 Å². The molecule has 2 aliphatic heterocycles. The fraction of sp³-hybridized carbons (Fsp3) is 0.484. The average Bonchev–Trinajstić information content (AvgIpc) is 2.92. The molecule has 204 valence electrons. The van der Waals surface area contributed by atoms with E-state index in [2.05, 4.69) is 52.9 Å². The van der Waals surface area contributed by atoms with E-state index in [0.717, 1.165) is 62.3 Å². The van der Waals surface area contributed by atoms with Gasteiger partial charge in [-0.15, -0.1) is 0 Å². The molecule has 2 fully saturated rings. The third kappa shape index (κ3) is 7.53. The number of unbranched alkanes of at least 4 members (excludes halogenated alkanes) is 1. The van der Waals surface area contributed by atoms with Crippen molar-refractivity contribution in [1.82, 2.24) is 20.0 Å². The highest BCUT2D eigenvalue weighted by molar-refractivity contribution is 5.84. The molecular weight excluding hydrogens is 476 g/mol. The number of carbonyl (C=O) groups excluding carboxylic acids is 2. The van der Waals surface area contributed by atoms with Crippen LogP contribution in [0.5, 0.6) is 5.75 Å². The van der Waals surface area contributed by atoms with Crippen LogP contribution in [0.1, 0.15) is 59.7 Å². The Morgan fingerprint density at radius 3 is 2.47 bits per heavy atom. The maximum Gasteiger partial charge on any atom is 0.241 e. The number of hydrogen-bond acceptors (Lipinski definition) is 6. The Morgan fingerprint density at radius 1 is 1.08 bits per heavy atom. The first-order chi connectivity index (χ1) is 18.5. The van der Waals surface area contributed by atoms with Crippen LogP contribution in [0.25, 0.3) is 0 Å². The molecule has 1 unspecified atom stereocenters. The fourth-order valence-corrected chi connectivity index (χ4v) is 5.25. The second-order valence-corrected chi connectivity index (χ2v) is 10.6. The molecule has 0 bridgehead atoms. The van der Waals surface area contributed by atoms with Gasteiger partial charge in [-0.2, -0.15) is 0 Å². The third-order valence-electron chi connectivity index (χ3n) is 7.67. The monoisotopic (exact) mass is 518 g/mol. The molecule has 1 atom stereocenters. The SMILES string of the molecule is C=C1CCC(N(C)Cc2c(C=O)cccc2OCc2ccc(CN3CCN(CCCC)CC3)cc2)C(=O)N1. The lowest BCUT2D eigenvalue weighted by molar-refractivity contribution is -0.126. The fourth-order valence-electron chi connectivity index (χ4n) is 5.25. The summed E-state index contributed by atoms with van der Waals surface area (Å²) in [6.07, 6.45) is 4.87. The van der Waals surface area contributed by atoms with Gasteiger partial charge in [-0.05, 0) is 50.0 Å². The number of nitrogens with one attached hydrogen (secondary N) is 1. The molecule has 7 nitrogen and oxygen atoms in total. The van der Waals surface area contributed by atoms with Crippen LogP contribution >= 0.6 is 0 Å². The number of piperazine rings is 1. The summed E-state index contributed by atoms with van der Waals surface area (Å²) in [5.41, 5.74) is 4.54. The summed E-state index contributed by atoms with van der Waals surface area (Å²) in [5.74, 6) is 0.625. The number of likely N-dealkylation sites (N-methyl/N-ethyl adjacent to an activating group) is 1. The zero-order chi connectivity index (χ0) is 26.9. The highest BCUT2D eigenvalue weighted by atomic mass is 16.5. The van der Waals surface area contributed by atoms with E-state index in [1.54, 1.807) is 6.07 Å². The highest BCUT2D eigenvalue weighted by Gasteiger charge is 2.28. The summed E-state index contributed by atoms with van der Waals surface area (Å²) in [5, 5.41) is 2.84. The number of amides is 1. The maximum atomic E-state index is 12.5. The van der Waals surface area contributed by atoms with Gasteiger partial charge in [0, 0.05) is 56.1 Å². The molecule has 4 rings (SSSR count). The van der Waals surface area contributed by atoms with Gasteiger partial charge in [0.15, 0.2) is 6.29 Å². The Bertz CT molecular complexity index is 1090. The van der Waals surface area contributed by atoms with E-state index in [-0.39, 0.29) is 11.9 Å². The van der Waals surface area contributed by atoms with Crippen LogP contribution < -0.4 is 10.1 Å². The summed E-state index contributed by atoms with van der Waals surface area (Å²) < 4.78 is 6.22. The first-order valence-corrected chi connectivity index (χ1v) is 13.9. The second kappa shape index (κ2) is 13.7. The Morgan fingerprint density at radius 2 is 1.79 bits per heavy atom. The standard InChI is InChI=1S/C31H42N4O3/c1-4-5-15-34-16-18-35(19-17-34)20-25-10-12-26(13-11-25)23-38-30-8-6-7-27(22-36)28(30)21-33(3)29-14-9-24(2)32-31(29)37/h6-8,10-13,22,29H,2,4-5,9,14-21,23H2,1,3H3,(H,32,37). The minimum atomic E-state index is -0.264. The summed E-state index contributed by atoms with van der Waals surface area (Å²) in [7, 11) is 1.91. The topological polar surface area (TPSA) is 65.1 Å². The van der Waals surface area contributed by atoms with Crippen LogP contribution in [0, 0.1) is 0 Å². The lowest BCUT2D eigenvalue weighted by Gasteiger charge is -2.34. The molecule has 1 amide bonds. The minimum absolute atomic E-state index is 0.0479. The Kier molecular flexibility index (Phi) is 10.1. The number of hydrogen-bond donors (Lipinski definition) is 1. The van der Waals surface area contributed by atoms with Gasteiger partial charge >= 0.3 is 0 Å². The predicted octanol–water partition coefficient (Wildman–Crippen LogP) is 4.22. The first-order valence-electron chi connectivity index (χ1n) is 13.9. The number of piperidine rings is 1. The minimum Gasteiger partial charge on any atom is -0.489 e. The van der Waals surface area contributed by atoms with E-state index < -0.39 is 0 Å². The Hall–Kier alpha value is -3.00. The molecular formula is C31H42N4O3. The second-order valence-electron chi connectivity index (χ2n) is 10.6. The third-order valence-corrected chi connectivity index (χ3v) is 7.67. The van der Waals surface area contributed by atoms with Crippen molar-refractivity contribution in [2.75, 3.05) is 39.8 Å². The van der Waals surface area contributed by atoms with Crippen LogP contribution in [0.3, 0.4) is 0 Å². The zero-order valence-electron chi connectivity index (χ0n) is 23.0. The smallest absolute Gasteiger partial charge is 0.241 e. The van der Waals surface area contributed by atoms with Gasteiger partial charge in [0.2, 0.25) is 5.91 Å². The highest BCUT2D eigenvalue weighted by Crippen LogP contribution is 2.26. The molecule has 7 heteroatoms. The van der Waals surface area contributed by atoms with Crippen molar-refractivity contribution in [1.29, 1.82) is 0 Å². The number of benzene rings is 2. The van der Waals surface area contributed by atoms with E-state index in [4.69, 9.17) is 4.74 Å². The van der Waals surface area contributed by atoms with E-state index in [1.807, 2.05) is 24.1 Å². The van der Waals surface area contributed by atoms with Crippen LogP contribution in [0.4, 0.5) is 0 Å². The molecule has 2 aromatic carbocycles. The normalized spacial score (nSPS) is 19.0. The van der Waals surface area contributed by atoms with Crippen LogP contribution in [0.15, 0.2) is 54.7 Å². The van der Waals surface area contributed by atoms with Gasteiger partial charge in [0.1, 0.15) is 12.4 Å². The van der Waals surface area contributed by atoms with Gasteiger partial charge < -0.3 is 15.0 Å².